The van der Waals surface area contributed by atoms with Crippen LogP contribution in [0.15, 0.2) is 47.7 Å². The molecule has 1 aliphatic heterocycles. The summed E-state index contributed by atoms with van der Waals surface area (Å²) in [5.74, 6) is -2.64. The second kappa shape index (κ2) is 24.8. The van der Waals surface area contributed by atoms with Crippen LogP contribution < -0.4 is 15.4 Å². The van der Waals surface area contributed by atoms with E-state index in [0.29, 0.717) is 24.2 Å². The third-order valence-corrected chi connectivity index (χ3v) is 11.7. The van der Waals surface area contributed by atoms with Crippen molar-refractivity contribution in [2.24, 2.45) is 10.4 Å². The Bertz CT molecular complexity index is 2040. The van der Waals surface area contributed by atoms with Crippen molar-refractivity contribution in [2.75, 3.05) is 30.6 Å². The van der Waals surface area contributed by atoms with Gasteiger partial charge >= 0.3 is 5.97 Å². The van der Waals surface area contributed by atoms with Crippen LogP contribution in [0, 0.1) is 19.3 Å². The van der Waals surface area contributed by atoms with Crippen LogP contribution in [0.3, 0.4) is 0 Å². The summed E-state index contributed by atoms with van der Waals surface area (Å²) in [6, 6.07) is 10.0. The first-order valence-corrected chi connectivity index (χ1v) is 23.4. The van der Waals surface area contributed by atoms with E-state index < -0.39 is 41.4 Å². The predicted molar refractivity (Wildman–Crippen MR) is 249 cm³/mol. The highest BCUT2D eigenvalue weighted by Gasteiger charge is 2.53. The molecule has 0 saturated heterocycles. The Morgan fingerprint density at radius 2 is 1.53 bits per heavy atom. The van der Waals surface area contributed by atoms with E-state index in [0.717, 1.165) is 51.4 Å². The molecule has 2 unspecified atom stereocenters. The average Bonchev–Trinajstić information content (AvgIpc) is 3.75. The second-order valence-corrected chi connectivity index (χ2v) is 17.6. The molecule has 2 aromatic carbocycles. The van der Waals surface area contributed by atoms with Crippen LogP contribution in [0.2, 0.25) is 0 Å². The molecule has 15 heteroatoms. The molecule has 64 heavy (non-hydrogen) atoms. The molecule has 2 atom stereocenters. The molecule has 4 rings (SSSR count). The molecule has 352 valence electrons. The van der Waals surface area contributed by atoms with E-state index in [4.69, 9.17) is 19.0 Å². The smallest absolute Gasteiger partial charge is 0.378 e. The minimum Gasteiger partial charge on any atom is -0.465 e. The zero-order valence-electron chi connectivity index (χ0n) is 40.0. The number of nitrogens with one attached hydrogen (secondary N) is 2. The minimum absolute atomic E-state index is 0.0788. The highest BCUT2D eigenvalue weighted by atomic mass is 16.7. The molecule has 1 aromatic heterocycles. The maximum absolute atomic E-state index is 14.7. The van der Waals surface area contributed by atoms with Gasteiger partial charge in [0.2, 0.25) is 6.29 Å². The molecule has 3 aromatic rings. The van der Waals surface area contributed by atoms with E-state index in [1.165, 1.54) is 44.9 Å². The number of unbranched alkanes of at least 4 members (excludes halogenated alkanes) is 9. The van der Waals surface area contributed by atoms with Crippen LogP contribution in [0.5, 0.6) is 5.75 Å². The number of rotatable bonds is 27. The van der Waals surface area contributed by atoms with Crippen molar-refractivity contribution >= 4 is 40.9 Å². The summed E-state index contributed by atoms with van der Waals surface area (Å²) in [5.41, 5.74) is 2.42. The number of hydrogen-bond acceptors (Lipinski definition) is 11. The molecule has 2 N–H and O–H groups in total. The average molecular weight is 888 g/mol. The lowest BCUT2D eigenvalue weighted by molar-refractivity contribution is -0.181. The fourth-order valence-electron chi connectivity index (χ4n) is 7.58. The van der Waals surface area contributed by atoms with Crippen molar-refractivity contribution in [1.29, 1.82) is 0 Å². The molecule has 0 radical (unpaired) electrons. The highest BCUT2D eigenvalue weighted by Crippen LogP contribution is 2.37. The quantitative estimate of drug-likeness (QED) is 0.0322. The molecular formula is C49H73N7O8. The van der Waals surface area contributed by atoms with Gasteiger partial charge in [0, 0.05) is 17.8 Å². The number of amidine groups is 1. The summed E-state index contributed by atoms with van der Waals surface area (Å²) in [7, 11) is 0. The van der Waals surface area contributed by atoms with E-state index in [2.05, 4.69) is 66.4 Å². The number of aromatic nitrogens is 3. The fraction of sp³-hybridized carbons (Fsp3) is 0.612. The standard InChI is InChI=1S/C49H73N7O8/c1-11-16-17-18-19-20-21-22-23-24-29-63-56-43(53-46(59)49(13-3,14-4)47(56)60)41(55-32-50-42(54-55)45(58)61-15-5)44(57)52-38-31-36(27-26-35(38)7)51-33-62-40(12-2)64-39-28-25-34(6)30-37(39)48(8,9)10/h25-28,30-32,40-41,51H,11-24,29,33H2,1-10H3,(H,52,57). The molecule has 0 fully saturated rings. The third kappa shape index (κ3) is 13.7. The summed E-state index contributed by atoms with van der Waals surface area (Å²) in [5, 5.41) is 11.5. The monoisotopic (exact) mass is 888 g/mol. The summed E-state index contributed by atoms with van der Waals surface area (Å²) < 4.78 is 18.7. The van der Waals surface area contributed by atoms with Crippen molar-refractivity contribution < 1.29 is 38.2 Å². The van der Waals surface area contributed by atoms with Gasteiger partial charge in [-0.05, 0) is 74.8 Å². The van der Waals surface area contributed by atoms with Crippen LogP contribution in [-0.2, 0) is 34.1 Å². The van der Waals surface area contributed by atoms with E-state index in [1.807, 2.05) is 38.1 Å². The number of anilines is 2. The molecule has 0 bridgehead atoms. The Balaban J connectivity index is 1.57. The number of carbonyl (C=O) groups excluding carboxylic acids is 4. The van der Waals surface area contributed by atoms with Gasteiger partial charge in [-0.2, -0.15) is 10.1 Å². The van der Waals surface area contributed by atoms with E-state index in [9.17, 15) is 19.2 Å². The van der Waals surface area contributed by atoms with Crippen molar-refractivity contribution in [1.82, 2.24) is 19.8 Å². The van der Waals surface area contributed by atoms with Crippen molar-refractivity contribution in [3.63, 3.8) is 0 Å². The lowest BCUT2D eigenvalue weighted by Gasteiger charge is -2.38. The number of amides is 3. The van der Waals surface area contributed by atoms with Gasteiger partial charge in [0.1, 0.15) is 24.2 Å². The summed E-state index contributed by atoms with van der Waals surface area (Å²) >= 11 is 0. The summed E-state index contributed by atoms with van der Waals surface area (Å²) in [6.45, 7) is 20.0. The molecule has 0 saturated carbocycles. The molecule has 0 aliphatic carbocycles. The minimum atomic E-state index is -1.57. The largest absolute Gasteiger partial charge is 0.465 e. The Morgan fingerprint density at radius 1 is 0.859 bits per heavy atom. The first-order chi connectivity index (χ1) is 30.6. The van der Waals surface area contributed by atoms with Gasteiger partial charge in [-0.1, -0.05) is 130 Å². The van der Waals surface area contributed by atoms with Crippen LogP contribution >= 0.6 is 0 Å². The van der Waals surface area contributed by atoms with Gasteiger partial charge in [0.25, 0.3) is 23.5 Å². The molecule has 0 spiro atoms. The van der Waals surface area contributed by atoms with E-state index in [-0.39, 0.29) is 49.9 Å². The first kappa shape index (κ1) is 51.5. The summed E-state index contributed by atoms with van der Waals surface area (Å²) in [6.07, 6.45) is 12.7. The van der Waals surface area contributed by atoms with E-state index >= 15 is 0 Å². The van der Waals surface area contributed by atoms with Gasteiger partial charge in [-0.25, -0.2) is 14.5 Å². The number of ether oxygens (including phenoxy) is 3. The van der Waals surface area contributed by atoms with Crippen LogP contribution in [0.1, 0.15) is 172 Å². The maximum atomic E-state index is 14.7. The molecule has 15 nitrogen and oxygen atoms in total. The lowest BCUT2D eigenvalue weighted by atomic mass is 9.79. The number of benzene rings is 2. The number of nitrogens with zero attached hydrogens (tertiary/aromatic N) is 5. The van der Waals surface area contributed by atoms with E-state index in [1.54, 1.807) is 26.8 Å². The Labute approximate surface area is 380 Å². The first-order valence-electron chi connectivity index (χ1n) is 23.4. The second-order valence-electron chi connectivity index (χ2n) is 17.6. The van der Waals surface area contributed by atoms with Gasteiger partial charge in [0.05, 0.1) is 13.2 Å². The fourth-order valence-corrected chi connectivity index (χ4v) is 7.58. The predicted octanol–water partition coefficient (Wildman–Crippen LogP) is 10.2. The number of esters is 1. The van der Waals surface area contributed by atoms with Crippen molar-refractivity contribution in [3.8, 4) is 5.75 Å². The Kier molecular flexibility index (Phi) is 19.9. The molecular weight excluding hydrogens is 815 g/mol. The van der Waals surface area contributed by atoms with Gasteiger partial charge in [0.15, 0.2) is 11.9 Å². The third-order valence-electron chi connectivity index (χ3n) is 11.7. The van der Waals surface area contributed by atoms with Gasteiger partial charge in [-0.15, -0.1) is 5.10 Å². The van der Waals surface area contributed by atoms with Gasteiger partial charge in [-0.3, -0.25) is 19.2 Å². The van der Waals surface area contributed by atoms with Gasteiger partial charge < -0.3 is 24.8 Å². The molecule has 2 heterocycles. The zero-order chi connectivity index (χ0) is 46.9. The van der Waals surface area contributed by atoms with Crippen LogP contribution in [0.4, 0.5) is 11.4 Å². The Morgan fingerprint density at radius 3 is 2.16 bits per heavy atom. The number of aliphatic imine (C=N–C) groups is 1. The number of hydroxylamine groups is 2. The number of carbonyl (C=O) groups is 4. The topological polar surface area (TPSA) is 176 Å². The summed E-state index contributed by atoms with van der Waals surface area (Å²) in [4.78, 5) is 70.4. The maximum Gasteiger partial charge on any atom is 0.378 e. The normalized spacial score (nSPS) is 14.8. The number of aryl methyl sites for hydroxylation is 2. The van der Waals surface area contributed by atoms with Crippen LogP contribution in [-0.4, -0.2) is 75.6 Å². The van der Waals surface area contributed by atoms with Crippen molar-refractivity contribution in [3.05, 3.63) is 65.2 Å². The number of hydrogen-bond donors (Lipinski definition) is 2. The van der Waals surface area contributed by atoms with Crippen molar-refractivity contribution in [2.45, 2.75) is 170 Å². The van der Waals surface area contributed by atoms with Crippen LogP contribution in [0.25, 0.3) is 0 Å². The molecule has 3 amide bonds. The highest BCUT2D eigenvalue weighted by molar-refractivity contribution is 6.23. The Hall–Kier alpha value is -5.15. The SMILES string of the molecule is CCCCCCCCCCCCON1C(=O)C(CC)(CC)C(=O)N=C1C(C(=O)Nc1cc(NCOC(CC)Oc2ccc(C)cc2C(C)(C)C)ccc1C)n1cnc(C(=O)OCC)n1. The zero-order valence-corrected chi connectivity index (χ0v) is 40.0. The lowest BCUT2D eigenvalue weighted by Crippen LogP contribution is -2.57. The molecule has 1 aliphatic rings.